The summed E-state index contributed by atoms with van der Waals surface area (Å²) in [5.41, 5.74) is 4.72. The minimum Gasteiger partial charge on any atom is -0.379 e. The summed E-state index contributed by atoms with van der Waals surface area (Å²) in [5, 5.41) is 8.25. The van der Waals surface area contributed by atoms with Crippen molar-refractivity contribution in [2.45, 2.75) is 6.92 Å². The van der Waals surface area contributed by atoms with E-state index in [1.165, 1.54) is 6.92 Å². The predicted octanol–water partition coefficient (Wildman–Crippen LogP) is 4.64. The molecule has 1 amide bonds. The molecule has 1 aliphatic heterocycles. The van der Waals surface area contributed by atoms with Crippen molar-refractivity contribution in [3.63, 3.8) is 0 Å². The summed E-state index contributed by atoms with van der Waals surface area (Å²) < 4.78 is 5.59. The Kier molecular flexibility index (Phi) is 5.97. The monoisotopic (exact) mass is 439 g/mol. The van der Waals surface area contributed by atoms with Gasteiger partial charge in [0.05, 0.1) is 24.4 Å². The van der Waals surface area contributed by atoms with E-state index >= 15 is 0 Å². The van der Waals surface area contributed by atoms with E-state index in [1.807, 2.05) is 54.6 Å². The van der Waals surface area contributed by atoms with E-state index in [-0.39, 0.29) is 5.91 Å². The van der Waals surface area contributed by atoms with Crippen LogP contribution in [0.5, 0.6) is 0 Å². The molecule has 166 valence electrons. The third-order valence-electron chi connectivity index (χ3n) is 5.60. The lowest BCUT2D eigenvalue weighted by molar-refractivity contribution is -0.114. The van der Waals surface area contributed by atoms with Crippen molar-refractivity contribution in [2.24, 2.45) is 0 Å². The fraction of sp³-hybridized carbons (Fsp3) is 0.192. The first-order valence-electron chi connectivity index (χ1n) is 11.0. The van der Waals surface area contributed by atoms with Gasteiger partial charge in [0.25, 0.3) is 0 Å². The zero-order valence-corrected chi connectivity index (χ0v) is 18.4. The summed E-state index contributed by atoms with van der Waals surface area (Å²) >= 11 is 0. The number of ether oxygens (including phenoxy) is 1. The second-order valence-corrected chi connectivity index (χ2v) is 7.90. The van der Waals surface area contributed by atoms with Gasteiger partial charge in [0.1, 0.15) is 6.33 Å². The highest BCUT2D eigenvalue weighted by molar-refractivity contribution is 5.95. The zero-order chi connectivity index (χ0) is 22.6. The maximum Gasteiger partial charge on any atom is 0.221 e. The van der Waals surface area contributed by atoms with Gasteiger partial charge in [-0.15, -0.1) is 0 Å². The number of nitrogens with one attached hydrogen (secondary N) is 1. The molecule has 0 saturated carbocycles. The lowest BCUT2D eigenvalue weighted by atomic mass is 10.0. The normalized spacial score (nSPS) is 14.2. The summed E-state index contributed by atoms with van der Waals surface area (Å²) in [7, 11) is 0. The molecule has 7 nitrogen and oxygen atoms in total. The Hall–Kier alpha value is -3.81. The molecular weight excluding hydrogens is 414 g/mol. The molecule has 0 unspecified atom stereocenters. The summed E-state index contributed by atoms with van der Waals surface area (Å²) in [5.74, 6) is 0.735. The number of benzene rings is 3. The van der Waals surface area contributed by atoms with Crippen molar-refractivity contribution in [3.8, 4) is 11.1 Å². The van der Waals surface area contributed by atoms with Gasteiger partial charge in [-0.05, 0) is 47.5 Å². The van der Waals surface area contributed by atoms with E-state index in [2.05, 4.69) is 38.5 Å². The van der Waals surface area contributed by atoms with Crippen LogP contribution in [0.4, 0.5) is 17.2 Å². The molecule has 33 heavy (non-hydrogen) atoms. The highest BCUT2D eigenvalue weighted by Gasteiger charge is 2.24. The van der Waals surface area contributed by atoms with Crippen LogP contribution in [0.15, 0.2) is 79.1 Å². The topological polar surface area (TPSA) is 70.6 Å². The van der Waals surface area contributed by atoms with Gasteiger partial charge in [0, 0.05) is 31.1 Å². The first-order chi connectivity index (χ1) is 16.2. The smallest absolute Gasteiger partial charge is 0.221 e. The maximum absolute atomic E-state index is 11.5. The Morgan fingerprint density at radius 2 is 1.73 bits per heavy atom. The van der Waals surface area contributed by atoms with E-state index in [9.17, 15) is 4.79 Å². The molecule has 0 spiro atoms. The summed E-state index contributed by atoms with van der Waals surface area (Å²) in [6, 6.07) is 24.3. The van der Waals surface area contributed by atoms with Gasteiger partial charge in [-0.2, -0.15) is 0 Å². The fourth-order valence-electron chi connectivity index (χ4n) is 4.11. The number of hydrazine groups is 1. The number of nitrogens with zero attached hydrogens (tertiary/aromatic N) is 4. The molecule has 1 fully saturated rings. The predicted molar refractivity (Wildman–Crippen MR) is 130 cm³/mol. The van der Waals surface area contributed by atoms with Crippen molar-refractivity contribution < 1.29 is 9.53 Å². The highest BCUT2D eigenvalue weighted by atomic mass is 16.5. The SMILES string of the molecule is CC(=O)Nc1cccc(-c2ccc3ncnc(N(c4ccccc4)N4CCOCC4)c3c2)c1. The van der Waals surface area contributed by atoms with Crippen LogP contribution < -0.4 is 10.3 Å². The molecule has 1 aliphatic rings. The molecule has 1 saturated heterocycles. The van der Waals surface area contributed by atoms with Crippen LogP contribution in [0.25, 0.3) is 22.0 Å². The van der Waals surface area contributed by atoms with Crippen LogP contribution in [0, 0.1) is 0 Å². The summed E-state index contributed by atoms with van der Waals surface area (Å²) in [4.78, 5) is 20.7. The Bertz CT molecular complexity index is 1270. The lowest BCUT2D eigenvalue weighted by Gasteiger charge is -2.38. The number of para-hydroxylation sites is 1. The van der Waals surface area contributed by atoms with Crippen molar-refractivity contribution in [1.82, 2.24) is 15.0 Å². The fourth-order valence-corrected chi connectivity index (χ4v) is 4.11. The van der Waals surface area contributed by atoms with Crippen molar-refractivity contribution in [3.05, 3.63) is 79.1 Å². The van der Waals surface area contributed by atoms with Crippen LogP contribution in [0.3, 0.4) is 0 Å². The standard InChI is InChI=1S/C26H25N5O2/c1-19(32)29-22-7-5-6-20(16-22)21-10-11-25-24(17-21)26(28-18-27-25)31(23-8-3-2-4-9-23)30-12-14-33-15-13-30/h2-11,16-18H,12-15H2,1H3,(H,29,32). The third kappa shape index (κ3) is 4.55. The van der Waals surface area contributed by atoms with E-state index in [4.69, 9.17) is 9.72 Å². The Balaban J connectivity index is 1.62. The van der Waals surface area contributed by atoms with Gasteiger partial charge in [0.15, 0.2) is 5.82 Å². The van der Waals surface area contributed by atoms with Gasteiger partial charge in [0.2, 0.25) is 5.91 Å². The lowest BCUT2D eigenvalue weighted by Crippen LogP contribution is -2.47. The number of aromatic nitrogens is 2. The second kappa shape index (κ2) is 9.36. The Morgan fingerprint density at radius 3 is 2.52 bits per heavy atom. The van der Waals surface area contributed by atoms with Crippen molar-refractivity contribution in [1.29, 1.82) is 0 Å². The van der Waals surface area contributed by atoms with Crippen molar-refractivity contribution in [2.75, 3.05) is 36.6 Å². The van der Waals surface area contributed by atoms with Crippen molar-refractivity contribution >= 4 is 34.0 Å². The number of amides is 1. The van der Waals surface area contributed by atoms with E-state index < -0.39 is 0 Å². The molecule has 3 aromatic carbocycles. The summed E-state index contributed by atoms with van der Waals surface area (Å²) in [6.07, 6.45) is 1.62. The minimum absolute atomic E-state index is 0.0923. The van der Waals surface area contributed by atoms with Crippen LogP contribution in [-0.2, 0) is 9.53 Å². The maximum atomic E-state index is 11.5. The molecule has 1 N–H and O–H groups in total. The van der Waals surface area contributed by atoms with E-state index in [0.29, 0.717) is 13.2 Å². The average Bonchev–Trinajstić information content (AvgIpc) is 2.85. The zero-order valence-electron chi connectivity index (χ0n) is 18.4. The quantitative estimate of drug-likeness (QED) is 0.489. The highest BCUT2D eigenvalue weighted by Crippen LogP contribution is 2.34. The van der Waals surface area contributed by atoms with Crippen LogP contribution in [0.2, 0.25) is 0 Å². The molecule has 2 heterocycles. The number of hydrogen-bond donors (Lipinski definition) is 1. The number of anilines is 3. The van der Waals surface area contributed by atoms with Gasteiger partial charge >= 0.3 is 0 Å². The Labute approximate surface area is 192 Å². The number of hydrogen-bond acceptors (Lipinski definition) is 6. The summed E-state index contributed by atoms with van der Waals surface area (Å²) in [6.45, 7) is 4.41. The molecule has 0 bridgehead atoms. The van der Waals surface area contributed by atoms with Crippen LogP contribution in [0.1, 0.15) is 6.92 Å². The van der Waals surface area contributed by atoms with Gasteiger partial charge in [-0.25, -0.2) is 15.0 Å². The molecule has 5 rings (SSSR count). The number of carbonyl (C=O) groups excluding carboxylic acids is 1. The first kappa shape index (κ1) is 21.1. The average molecular weight is 440 g/mol. The largest absolute Gasteiger partial charge is 0.379 e. The minimum atomic E-state index is -0.0923. The molecule has 4 aromatic rings. The van der Waals surface area contributed by atoms with Crippen LogP contribution >= 0.6 is 0 Å². The Morgan fingerprint density at radius 1 is 0.939 bits per heavy atom. The van der Waals surface area contributed by atoms with Gasteiger partial charge < -0.3 is 10.1 Å². The molecule has 0 radical (unpaired) electrons. The number of morpholine rings is 1. The van der Waals surface area contributed by atoms with E-state index in [0.717, 1.165) is 52.3 Å². The van der Waals surface area contributed by atoms with Crippen LogP contribution in [-0.4, -0.2) is 47.2 Å². The molecule has 0 aliphatic carbocycles. The molecule has 7 heteroatoms. The number of rotatable bonds is 5. The number of carbonyl (C=O) groups is 1. The van der Waals surface area contributed by atoms with Gasteiger partial charge in [-0.3, -0.25) is 9.80 Å². The van der Waals surface area contributed by atoms with E-state index in [1.54, 1.807) is 6.33 Å². The van der Waals surface area contributed by atoms with Gasteiger partial charge in [-0.1, -0.05) is 36.4 Å². The first-order valence-corrected chi connectivity index (χ1v) is 11.0. The second-order valence-electron chi connectivity index (χ2n) is 7.90. The molecule has 0 atom stereocenters. The molecular formula is C26H25N5O2. The third-order valence-corrected chi connectivity index (χ3v) is 5.60. The number of fused-ring (bicyclic) bond motifs is 1. The molecule has 1 aromatic heterocycles.